The smallest absolute Gasteiger partial charge is 0.277 e. The number of benzene rings is 3. The highest BCUT2D eigenvalue weighted by Crippen LogP contribution is 2.25. The maximum Gasteiger partial charge on any atom is 0.289 e. The Morgan fingerprint density at radius 1 is 0.828 bits per heavy atom. The maximum atomic E-state index is 12.9. The van der Waals surface area contributed by atoms with Crippen LogP contribution in [-0.2, 0) is 14.8 Å². The summed E-state index contributed by atoms with van der Waals surface area (Å²) >= 11 is 0. The lowest BCUT2D eigenvalue weighted by Gasteiger charge is -2.18. The number of hydrogen-bond acceptors (Lipinski definition) is 5. The molecule has 3 aromatic carbocycles. The number of nitro groups is 1. The molecule has 1 amide bonds. The number of hydrazine groups is 1. The van der Waals surface area contributed by atoms with Crippen LogP contribution < -0.4 is 10.3 Å². The van der Waals surface area contributed by atoms with Crippen molar-refractivity contribution in [3.8, 4) is 0 Å². The molecule has 0 aromatic heterocycles. The van der Waals surface area contributed by atoms with Gasteiger partial charge in [0.05, 0.1) is 10.8 Å². The van der Waals surface area contributed by atoms with Gasteiger partial charge in [0, 0.05) is 6.07 Å². The van der Waals surface area contributed by atoms with Crippen LogP contribution in [0.1, 0.15) is 17.0 Å². The molecular formula is C20H17N3O5S. The van der Waals surface area contributed by atoms with Gasteiger partial charge in [0.2, 0.25) is 5.91 Å². The van der Waals surface area contributed by atoms with Gasteiger partial charge in [0.1, 0.15) is 0 Å². The number of carbonyl (C=O) groups excluding carboxylic acids is 1. The lowest BCUT2D eigenvalue weighted by Crippen LogP contribution is -2.44. The summed E-state index contributed by atoms with van der Waals surface area (Å²) < 4.78 is 25.1. The lowest BCUT2D eigenvalue weighted by atomic mass is 9.91. The first-order chi connectivity index (χ1) is 13.9. The number of amides is 1. The minimum Gasteiger partial charge on any atom is -0.277 e. The first kappa shape index (κ1) is 20.2. The Bertz CT molecular complexity index is 1080. The van der Waals surface area contributed by atoms with Crippen molar-refractivity contribution in [3.63, 3.8) is 0 Å². The van der Waals surface area contributed by atoms with Gasteiger partial charge >= 0.3 is 0 Å². The highest BCUT2D eigenvalue weighted by atomic mass is 32.2. The molecule has 0 saturated carbocycles. The molecule has 0 aliphatic carbocycles. The maximum absolute atomic E-state index is 12.9. The lowest BCUT2D eigenvalue weighted by molar-refractivity contribution is -0.387. The zero-order valence-corrected chi connectivity index (χ0v) is 15.9. The van der Waals surface area contributed by atoms with Crippen molar-refractivity contribution in [2.75, 3.05) is 0 Å². The van der Waals surface area contributed by atoms with E-state index in [1.807, 2.05) is 4.83 Å². The van der Waals surface area contributed by atoms with Crippen LogP contribution >= 0.6 is 0 Å². The van der Waals surface area contributed by atoms with Crippen molar-refractivity contribution in [1.82, 2.24) is 10.3 Å². The summed E-state index contributed by atoms with van der Waals surface area (Å²) in [5.41, 5.74) is 2.93. The molecular weight excluding hydrogens is 394 g/mol. The van der Waals surface area contributed by atoms with Crippen LogP contribution in [0.3, 0.4) is 0 Å². The third kappa shape index (κ3) is 4.65. The second kappa shape index (κ2) is 8.63. The number of sulfonamides is 1. The van der Waals surface area contributed by atoms with E-state index >= 15 is 0 Å². The van der Waals surface area contributed by atoms with Crippen molar-refractivity contribution in [2.45, 2.75) is 10.8 Å². The van der Waals surface area contributed by atoms with E-state index in [0.717, 1.165) is 12.1 Å². The average molecular weight is 411 g/mol. The minimum absolute atomic E-state index is 0.540. The van der Waals surface area contributed by atoms with Gasteiger partial charge in [-0.05, 0) is 17.2 Å². The Labute approximate surface area is 167 Å². The number of carbonyl (C=O) groups is 1. The van der Waals surface area contributed by atoms with Crippen molar-refractivity contribution >= 4 is 21.6 Å². The van der Waals surface area contributed by atoms with Crippen LogP contribution in [0.25, 0.3) is 0 Å². The standard InChI is InChI=1S/C20H17N3O5S/c24-20(19(15-9-3-1-4-10-15)16-11-5-2-6-12-16)21-22-29(27,28)18-14-8-7-13-17(18)23(25)26/h1-14,19,22H,(H,21,24). The van der Waals surface area contributed by atoms with Crippen molar-refractivity contribution < 1.29 is 18.1 Å². The van der Waals surface area contributed by atoms with Gasteiger partial charge in [0.25, 0.3) is 15.7 Å². The molecule has 0 unspecified atom stereocenters. The fourth-order valence-corrected chi connectivity index (χ4v) is 3.89. The van der Waals surface area contributed by atoms with Crippen molar-refractivity contribution in [2.24, 2.45) is 0 Å². The van der Waals surface area contributed by atoms with Gasteiger partial charge in [-0.15, -0.1) is 4.83 Å². The van der Waals surface area contributed by atoms with Crippen LogP contribution in [-0.4, -0.2) is 19.2 Å². The summed E-state index contributed by atoms with van der Waals surface area (Å²) in [5, 5.41) is 11.1. The molecule has 0 fully saturated rings. The van der Waals surface area contributed by atoms with Gasteiger partial charge in [0.15, 0.2) is 4.90 Å². The molecule has 0 bridgehead atoms. The molecule has 29 heavy (non-hydrogen) atoms. The van der Waals surface area contributed by atoms with E-state index in [2.05, 4.69) is 5.43 Å². The Morgan fingerprint density at radius 2 is 1.31 bits per heavy atom. The van der Waals surface area contributed by atoms with Crippen molar-refractivity contribution in [1.29, 1.82) is 0 Å². The summed E-state index contributed by atoms with van der Waals surface area (Å²) in [6.45, 7) is 0. The van der Waals surface area contributed by atoms with E-state index in [9.17, 15) is 23.3 Å². The topological polar surface area (TPSA) is 118 Å². The summed E-state index contributed by atoms with van der Waals surface area (Å²) in [4.78, 5) is 24.6. The van der Waals surface area contributed by atoms with E-state index in [1.54, 1.807) is 60.7 Å². The molecule has 2 N–H and O–H groups in total. The predicted octanol–water partition coefficient (Wildman–Crippen LogP) is 2.74. The Kier molecular flexibility index (Phi) is 6.01. The molecule has 0 saturated heterocycles. The Morgan fingerprint density at radius 3 is 1.83 bits per heavy atom. The van der Waals surface area contributed by atoms with Gasteiger partial charge in [-0.1, -0.05) is 72.8 Å². The largest absolute Gasteiger partial charge is 0.289 e. The Hall–Kier alpha value is -3.56. The number of nitrogens with zero attached hydrogens (tertiary/aromatic N) is 1. The van der Waals surface area contributed by atoms with Crippen LogP contribution in [0.5, 0.6) is 0 Å². The van der Waals surface area contributed by atoms with E-state index in [0.29, 0.717) is 11.1 Å². The zero-order chi connectivity index (χ0) is 20.9. The van der Waals surface area contributed by atoms with Crippen LogP contribution in [0.2, 0.25) is 0 Å². The second-order valence-corrected chi connectivity index (χ2v) is 7.72. The summed E-state index contributed by atoms with van der Waals surface area (Å²) in [6, 6.07) is 22.6. The molecule has 0 heterocycles. The van der Waals surface area contributed by atoms with E-state index in [-0.39, 0.29) is 0 Å². The number of hydrogen-bond donors (Lipinski definition) is 2. The molecule has 0 aliphatic heterocycles. The number of rotatable bonds is 7. The molecule has 148 valence electrons. The number of para-hydroxylation sites is 1. The highest BCUT2D eigenvalue weighted by molar-refractivity contribution is 7.89. The van der Waals surface area contributed by atoms with Gasteiger partial charge < -0.3 is 0 Å². The molecule has 0 radical (unpaired) electrons. The third-order valence-corrected chi connectivity index (χ3v) is 5.48. The van der Waals surface area contributed by atoms with Crippen molar-refractivity contribution in [3.05, 3.63) is 106 Å². The molecule has 0 atom stereocenters. The van der Waals surface area contributed by atoms with Gasteiger partial charge in [-0.3, -0.25) is 20.3 Å². The fourth-order valence-electron chi connectivity index (χ4n) is 2.87. The SMILES string of the molecule is O=C(NNS(=O)(=O)c1ccccc1[N+](=O)[O-])C(c1ccccc1)c1ccccc1. The molecule has 3 rings (SSSR count). The fraction of sp³-hybridized carbons (Fsp3) is 0.0500. The average Bonchev–Trinajstić information content (AvgIpc) is 2.74. The summed E-state index contributed by atoms with van der Waals surface area (Å²) in [6.07, 6.45) is 0. The van der Waals surface area contributed by atoms with Crippen LogP contribution in [0.15, 0.2) is 89.8 Å². The molecule has 3 aromatic rings. The monoisotopic (exact) mass is 411 g/mol. The third-order valence-electron chi connectivity index (χ3n) is 4.19. The highest BCUT2D eigenvalue weighted by Gasteiger charge is 2.28. The Balaban J connectivity index is 1.87. The van der Waals surface area contributed by atoms with Crippen LogP contribution in [0, 0.1) is 10.1 Å². The number of nitro benzene ring substituents is 1. The first-order valence-corrected chi connectivity index (χ1v) is 10.0. The summed E-state index contributed by atoms with van der Waals surface area (Å²) in [5.74, 6) is -1.39. The summed E-state index contributed by atoms with van der Waals surface area (Å²) in [7, 11) is -4.35. The second-order valence-electron chi connectivity index (χ2n) is 6.07. The molecule has 8 nitrogen and oxygen atoms in total. The molecule has 0 spiro atoms. The minimum atomic E-state index is -4.35. The van der Waals surface area contributed by atoms with E-state index in [4.69, 9.17) is 0 Å². The van der Waals surface area contributed by atoms with Crippen LogP contribution in [0.4, 0.5) is 5.69 Å². The van der Waals surface area contributed by atoms with Gasteiger partial charge in [-0.25, -0.2) is 8.42 Å². The number of nitrogens with one attached hydrogen (secondary N) is 2. The molecule has 0 aliphatic rings. The van der Waals surface area contributed by atoms with Gasteiger partial charge in [-0.2, -0.15) is 0 Å². The first-order valence-electron chi connectivity index (χ1n) is 8.55. The predicted molar refractivity (Wildman–Crippen MR) is 106 cm³/mol. The molecule has 9 heteroatoms. The van der Waals surface area contributed by atoms with E-state index in [1.165, 1.54) is 12.1 Å². The van der Waals surface area contributed by atoms with E-state index < -0.39 is 37.4 Å². The normalized spacial score (nSPS) is 11.2. The zero-order valence-electron chi connectivity index (χ0n) is 15.1. The quantitative estimate of drug-likeness (QED) is 0.458.